The van der Waals surface area contributed by atoms with E-state index in [1.807, 2.05) is 0 Å². The maximum Gasteiger partial charge on any atom is 0.320 e. The zero-order chi connectivity index (χ0) is 23.8. The quantitative estimate of drug-likeness (QED) is 0.570. The van der Waals surface area contributed by atoms with Crippen LogP contribution in [0.3, 0.4) is 0 Å². The summed E-state index contributed by atoms with van der Waals surface area (Å²) in [5.74, 6) is 0.610. The molecule has 1 aliphatic carbocycles. The summed E-state index contributed by atoms with van der Waals surface area (Å²) in [6.07, 6.45) is 7.04. The lowest BCUT2D eigenvalue weighted by atomic mass is 9.75. The molecule has 0 radical (unpaired) electrons. The molecule has 35 heavy (non-hydrogen) atoms. The van der Waals surface area contributed by atoms with E-state index in [1.165, 1.54) is 42.7 Å². The Bertz CT molecular complexity index is 1000. The van der Waals surface area contributed by atoms with E-state index in [9.17, 15) is 4.79 Å². The zero-order valence-corrected chi connectivity index (χ0v) is 21.2. The Hall–Kier alpha value is -2.53. The standard InChI is InChI=1S/C30H40N4O/c1-2-34-29(35)33(28-20-26(21-28)25-8-4-3-5-9-25)23-30(34)14-18-31(19-15-30)22-24-10-12-27(13-11-24)32-16-6-7-17-32/h3-5,8-13,26,28H,2,6-7,14-23H2,1H3. The first-order chi connectivity index (χ1) is 17.1. The van der Waals surface area contributed by atoms with E-state index in [1.54, 1.807) is 0 Å². The van der Waals surface area contributed by atoms with Crippen molar-refractivity contribution < 1.29 is 4.79 Å². The van der Waals surface area contributed by atoms with Gasteiger partial charge in [0.05, 0.1) is 5.54 Å². The number of nitrogens with zero attached hydrogens (tertiary/aromatic N) is 4. The number of anilines is 1. The lowest BCUT2D eigenvalue weighted by Crippen LogP contribution is -2.54. The monoisotopic (exact) mass is 472 g/mol. The van der Waals surface area contributed by atoms with Gasteiger partial charge < -0.3 is 14.7 Å². The molecule has 0 atom stereocenters. The Balaban J connectivity index is 1.05. The number of carbonyl (C=O) groups is 1. The number of carbonyl (C=O) groups excluding carboxylic acids is 1. The van der Waals surface area contributed by atoms with E-state index in [2.05, 4.69) is 81.1 Å². The van der Waals surface area contributed by atoms with E-state index < -0.39 is 0 Å². The van der Waals surface area contributed by atoms with Crippen molar-refractivity contribution in [3.05, 3.63) is 65.7 Å². The molecule has 0 aromatic heterocycles. The summed E-state index contributed by atoms with van der Waals surface area (Å²) in [5.41, 5.74) is 4.23. The van der Waals surface area contributed by atoms with Crippen LogP contribution in [0.1, 0.15) is 62.5 Å². The summed E-state index contributed by atoms with van der Waals surface area (Å²) in [6, 6.07) is 20.8. The zero-order valence-electron chi connectivity index (χ0n) is 21.2. The Kier molecular flexibility index (Phi) is 6.21. The van der Waals surface area contributed by atoms with Crippen LogP contribution in [-0.2, 0) is 6.54 Å². The predicted molar refractivity (Wildman–Crippen MR) is 142 cm³/mol. The molecule has 186 valence electrons. The summed E-state index contributed by atoms with van der Waals surface area (Å²) in [7, 11) is 0. The number of hydrogen-bond donors (Lipinski definition) is 0. The maximum absolute atomic E-state index is 13.4. The SMILES string of the molecule is CCN1C(=O)N(C2CC(c3ccccc3)C2)CC12CCN(Cc1ccc(N3CCCC3)cc1)CC2. The fourth-order valence-electron chi connectivity index (χ4n) is 7.02. The molecule has 0 unspecified atom stereocenters. The van der Waals surface area contributed by atoms with Crippen LogP contribution in [0, 0.1) is 0 Å². The second-order valence-corrected chi connectivity index (χ2v) is 11.2. The summed E-state index contributed by atoms with van der Waals surface area (Å²) >= 11 is 0. The van der Waals surface area contributed by atoms with Crippen LogP contribution in [0.4, 0.5) is 10.5 Å². The third kappa shape index (κ3) is 4.33. The van der Waals surface area contributed by atoms with Gasteiger partial charge >= 0.3 is 6.03 Å². The highest BCUT2D eigenvalue weighted by Crippen LogP contribution is 2.45. The molecule has 4 fully saturated rings. The average Bonchev–Trinajstić information content (AvgIpc) is 3.48. The van der Waals surface area contributed by atoms with Gasteiger partial charge in [-0.2, -0.15) is 0 Å². The minimum Gasteiger partial charge on any atom is -0.372 e. The predicted octanol–water partition coefficient (Wildman–Crippen LogP) is 5.33. The van der Waals surface area contributed by atoms with Gasteiger partial charge in [0.2, 0.25) is 0 Å². The Morgan fingerprint density at radius 2 is 1.57 bits per heavy atom. The second-order valence-electron chi connectivity index (χ2n) is 11.2. The molecule has 1 spiro atoms. The third-order valence-corrected chi connectivity index (χ3v) is 9.26. The van der Waals surface area contributed by atoms with Crippen molar-refractivity contribution in [2.75, 3.05) is 44.2 Å². The lowest BCUT2D eigenvalue weighted by Gasteiger charge is -2.44. The van der Waals surface area contributed by atoms with Gasteiger partial charge in [0.1, 0.15) is 0 Å². The fourth-order valence-corrected chi connectivity index (χ4v) is 7.02. The molecule has 3 heterocycles. The number of benzene rings is 2. The second kappa shape index (κ2) is 9.50. The highest BCUT2D eigenvalue weighted by molar-refractivity contribution is 5.79. The molecule has 6 rings (SSSR count). The van der Waals surface area contributed by atoms with Crippen LogP contribution in [0.5, 0.6) is 0 Å². The molecule has 3 aliphatic heterocycles. The third-order valence-electron chi connectivity index (χ3n) is 9.26. The molecular weight excluding hydrogens is 432 g/mol. The van der Waals surface area contributed by atoms with Crippen LogP contribution in [0.25, 0.3) is 0 Å². The minimum atomic E-state index is 0.0276. The molecule has 5 heteroatoms. The average molecular weight is 473 g/mol. The summed E-state index contributed by atoms with van der Waals surface area (Å²) in [5, 5.41) is 0. The van der Waals surface area contributed by atoms with E-state index >= 15 is 0 Å². The van der Waals surface area contributed by atoms with Crippen LogP contribution in [0.15, 0.2) is 54.6 Å². The van der Waals surface area contributed by atoms with Gasteiger partial charge in [-0.3, -0.25) is 4.90 Å². The van der Waals surface area contributed by atoms with Crippen molar-refractivity contribution in [3.63, 3.8) is 0 Å². The molecule has 1 saturated carbocycles. The van der Waals surface area contributed by atoms with Gasteiger partial charge in [0.15, 0.2) is 0 Å². The number of piperidine rings is 1. The lowest BCUT2D eigenvalue weighted by molar-refractivity contribution is 0.0717. The van der Waals surface area contributed by atoms with Crippen LogP contribution < -0.4 is 4.90 Å². The summed E-state index contributed by atoms with van der Waals surface area (Å²) in [6.45, 7) is 9.46. The van der Waals surface area contributed by atoms with Crippen molar-refractivity contribution in [2.24, 2.45) is 0 Å². The number of likely N-dealkylation sites (N-methyl/N-ethyl adjacent to an activating group) is 1. The largest absolute Gasteiger partial charge is 0.372 e. The van der Waals surface area contributed by atoms with E-state index in [4.69, 9.17) is 0 Å². The van der Waals surface area contributed by atoms with E-state index in [0.717, 1.165) is 58.4 Å². The van der Waals surface area contributed by atoms with Gasteiger partial charge in [-0.1, -0.05) is 42.5 Å². The summed E-state index contributed by atoms with van der Waals surface area (Å²) in [4.78, 5) is 23.0. The van der Waals surface area contributed by atoms with E-state index in [0.29, 0.717) is 12.0 Å². The molecular formula is C30H40N4O. The van der Waals surface area contributed by atoms with Crippen molar-refractivity contribution in [1.82, 2.24) is 14.7 Å². The first kappa shape index (κ1) is 22.9. The van der Waals surface area contributed by atoms with Gasteiger partial charge in [0, 0.05) is 57.5 Å². The normalized spacial score (nSPS) is 26.5. The van der Waals surface area contributed by atoms with Gasteiger partial charge in [-0.15, -0.1) is 0 Å². The Morgan fingerprint density at radius 1 is 0.886 bits per heavy atom. The van der Waals surface area contributed by atoms with Gasteiger partial charge in [-0.05, 0) is 74.6 Å². The highest BCUT2D eigenvalue weighted by atomic mass is 16.2. The van der Waals surface area contributed by atoms with Crippen molar-refractivity contribution in [2.45, 2.75) is 69.5 Å². The molecule has 4 aliphatic rings. The van der Waals surface area contributed by atoms with Gasteiger partial charge in [-0.25, -0.2) is 4.79 Å². The fraction of sp³-hybridized carbons (Fsp3) is 0.567. The molecule has 0 N–H and O–H groups in total. The molecule has 2 amide bonds. The topological polar surface area (TPSA) is 30.0 Å². The number of amides is 2. The molecule has 5 nitrogen and oxygen atoms in total. The van der Waals surface area contributed by atoms with Gasteiger partial charge in [0.25, 0.3) is 0 Å². The molecule has 3 saturated heterocycles. The van der Waals surface area contributed by atoms with Crippen LogP contribution in [-0.4, -0.2) is 71.6 Å². The smallest absolute Gasteiger partial charge is 0.320 e. The van der Waals surface area contributed by atoms with Crippen LogP contribution >= 0.6 is 0 Å². The molecule has 2 aromatic carbocycles. The molecule has 2 aromatic rings. The number of urea groups is 1. The van der Waals surface area contributed by atoms with Crippen molar-refractivity contribution in [3.8, 4) is 0 Å². The Labute approximate surface area is 210 Å². The first-order valence-corrected chi connectivity index (χ1v) is 13.8. The summed E-state index contributed by atoms with van der Waals surface area (Å²) < 4.78 is 0. The first-order valence-electron chi connectivity index (χ1n) is 13.8. The maximum atomic E-state index is 13.4. The van der Waals surface area contributed by atoms with E-state index in [-0.39, 0.29) is 11.6 Å². The highest BCUT2D eigenvalue weighted by Gasteiger charge is 2.53. The minimum absolute atomic E-state index is 0.0276. The Morgan fingerprint density at radius 3 is 2.23 bits per heavy atom. The number of rotatable bonds is 6. The van der Waals surface area contributed by atoms with Crippen molar-refractivity contribution in [1.29, 1.82) is 0 Å². The number of likely N-dealkylation sites (tertiary alicyclic amines) is 1. The van der Waals surface area contributed by atoms with Crippen molar-refractivity contribution >= 4 is 11.7 Å². The number of hydrogen-bond acceptors (Lipinski definition) is 3. The molecule has 0 bridgehead atoms. The van der Waals surface area contributed by atoms with Crippen LogP contribution in [0.2, 0.25) is 0 Å².